The van der Waals surface area contributed by atoms with E-state index in [0.717, 1.165) is 29.7 Å². The lowest BCUT2D eigenvalue weighted by Gasteiger charge is -2.17. The van der Waals surface area contributed by atoms with Gasteiger partial charge in [-0.15, -0.1) is 0 Å². The molecule has 0 fully saturated rings. The monoisotopic (exact) mass is 233 g/mol. The van der Waals surface area contributed by atoms with E-state index in [1.807, 2.05) is 18.2 Å². The number of oxime groups is 1. The van der Waals surface area contributed by atoms with Crippen LogP contribution in [0.2, 0.25) is 0 Å². The zero-order valence-electron chi connectivity index (χ0n) is 9.93. The standard InChI is InChI=1S/C13H15NO3/c1-16-12-6-10-4-3-9(8-14-15)5-11(10)7-13(12)17-2/h5-8,15H,3-4H2,1-2H3. The summed E-state index contributed by atoms with van der Waals surface area (Å²) in [5, 5.41) is 11.6. The normalized spacial score (nSPS) is 14.4. The van der Waals surface area contributed by atoms with Crippen molar-refractivity contribution in [3.63, 3.8) is 0 Å². The molecule has 0 spiro atoms. The van der Waals surface area contributed by atoms with Crippen LogP contribution in [0.4, 0.5) is 0 Å². The molecule has 0 unspecified atom stereocenters. The van der Waals surface area contributed by atoms with Crippen molar-refractivity contribution in [3.8, 4) is 11.5 Å². The number of nitrogens with zero attached hydrogens (tertiary/aromatic N) is 1. The summed E-state index contributed by atoms with van der Waals surface area (Å²) in [4.78, 5) is 0. The van der Waals surface area contributed by atoms with Gasteiger partial charge in [-0.3, -0.25) is 0 Å². The van der Waals surface area contributed by atoms with Crippen LogP contribution in [0.1, 0.15) is 17.5 Å². The molecule has 0 atom stereocenters. The van der Waals surface area contributed by atoms with Crippen LogP contribution < -0.4 is 9.47 Å². The van der Waals surface area contributed by atoms with Gasteiger partial charge in [0.25, 0.3) is 0 Å². The van der Waals surface area contributed by atoms with Crippen LogP contribution in [-0.2, 0) is 6.42 Å². The summed E-state index contributed by atoms with van der Waals surface area (Å²) in [6, 6.07) is 3.94. The van der Waals surface area contributed by atoms with E-state index in [1.54, 1.807) is 14.2 Å². The van der Waals surface area contributed by atoms with Crippen molar-refractivity contribution < 1.29 is 14.7 Å². The minimum absolute atomic E-state index is 0.713. The van der Waals surface area contributed by atoms with Crippen molar-refractivity contribution in [2.75, 3.05) is 14.2 Å². The van der Waals surface area contributed by atoms with Gasteiger partial charge in [-0.05, 0) is 47.8 Å². The van der Waals surface area contributed by atoms with Gasteiger partial charge in [0, 0.05) is 0 Å². The third-order valence-electron chi connectivity index (χ3n) is 2.89. The molecule has 0 saturated carbocycles. The molecule has 0 aromatic heterocycles. The van der Waals surface area contributed by atoms with Crippen LogP contribution in [0.3, 0.4) is 0 Å². The predicted octanol–water partition coefficient (Wildman–Crippen LogP) is 2.49. The van der Waals surface area contributed by atoms with Gasteiger partial charge in [-0.2, -0.15) is 0 Å². The molecule has 0 heterocycles. The maximum atomic E-state index is 8.53. The van der Waals surface area contributed by atoms with Crippen molar-refractivity contribution in [1.82, 2.24) is 0 Å². The Labute approximate surface area is 100 Å². The van der Waals surface area contributed by atoms with Gasteiger partial charge in [0.15, 0.2) is 11.5 Å². The van der Waals surface area contributed by atoms with Gasteiger partial charge in [0.1, 0.15) is 0 Å². The number of benzene rings is 1. The summed E-state index contributed by atoms with van der Waals surface area (Å²) in [5.74, 6) is 1.46. The van der Waals surface area contributed by atoms with E-state index in [4.69, 9.17) is 14.7 Å². The van der Waals surface area contributed by atoms with Crippen LogP contribution in [0.25, 0.3) is 6.08 Å². The molecule has 2 rings (SSSR count). The largest absolute Gasteiger partial charge is 0.493 e. The minimum Gasteiger partial charge on any atom is -0.493 e. The number of methoxy groups -OCH3 is 2. The van der Waals surface area contributed by atoms with Crippen molar-refractivity contribution >= 4 is 12.3 Å². The summed E-state index contributed by atoms with van der Waals surface area (Å²) >= 11 is 0. The van der Waals surface area contributed by atoms with E-state index in [2.05, 4.69) is 5.16 Å². The number of ether oxygens (including phenoxy) is 2. The SMILES string of the molecule is COc1cc2c(cc1OC)CCC(C=NO)=C2. The zero-order chi connectivity index (χ0) is 12.3. The van der Waals surface area contributed by atoms with E-state index in [9.17, 15) is 0 Å². The van der Waals surface area contributed by atoms with E-state index in [1.165, 1.54) is 11.8 Å². The van der Waals surface area contributed by atoms with Crippen LogP contribution >= 0.6 is 0 Å². The van der Waals surface area contributed by atoms with Gasteiger partial charge in [-0.25, -0.2) is 0 Å². The molecule has 1 aliphatic carbocycles. The van der Waals surface area contributed by atoms with Crippen LogP contribution in [-0.4, -0.2) is 25.6 Å². The number of allylic oxidation sites excluding steroid dienone is 1. The second kappa shape index (κ2) is 4.91. The van der Waals surface area contributed by atoms with Crippen LogP contribution in [0.15, 0.2) is 22.9 Å². The topological polar surface area (TPSA) is 51.0 Å². The Morgan fingerprint density at radius 3 is 2.53 bits per heavy atom. The number of fused-ring (bicyclic) bond motifs is 1. The summed E-state index contributed by atoms with van der Waals surface area (Å²) in [6.07, 6.45) is 5.25. The summed E-state index contributed by atoms with van der Waals surface area (Å²) < 4.78 is 10.5. The highest BCUT2D eigenvalue weighted by molar-refractivity contribution is 5.87. The zero-order valence-corrected chi connectivity index (χ0v) is 9.93. The molecular weight excluding hydrogens is 218 g/mol. The minimum atomic E-state index is 0.713. The van der Waals surface area contributed by atoms with Crippen molar-refractivity contribution in [2.24, 2.45) is 5.16 Å². The molecule has 1 aliphatic rings. The molecule has 0 bridgehead atoms. The number of rotatable bonds is 3. The third kappa shape index (κ3) is 2.25. The van der Waals surface area contributed by atoms with Crippen molar-refractivity contribution in [1.29, 1.82) is 0 Å². The van der Waals surface area contributed by atoms with Crippen LogP contribution in [0, 0.1) is 0 Å². The maximum Gasteiger partial charge on any atom is 0.161 e. The number of hydrogen-bond acceptors (Lipinski definition) is 4. The average Bonchev–Trinajstić information content (AvgIpc) is 2.37. The Morgan fingerprint density at radius 2 is 1.88 bits per heavy atom. The fourth-order valence-corrected chi connectivity index (χ4v) is 2.01. The molecule has 1 N–H and O–H groups in total. The predicted molar refractivity (Wildman–Crippen MR) is 66.1 cm³/mol. The first-order valence-corrected chi connectivity index (χ1v) is 5.41. The number of hydrogen-bond donors (Lipinski definition) is 1. The highest BCUT2D eigenvalue weighted by atomic mass is 16.5. The Balaban J connectivity index is 2.45. The molecule has 4 nitrogen and oxygen atoms in total. The first kappa shape index (κ1) is 11.5. The van der Waals surface area contributed by atoms with Gasteiger partial charge in [0.2, 0.25) is 0 Å². The lowest BCUT2D eigenvalue weighted by Crippen LogP contribution is -2.02. The van der Waals surface area contributed by atoms with E-state index in [-0.39, 0.29) is 0 Å². The number of aryl methyl sites for hydroxylation is 1. The Kier molecular flexibility index (Phi) is 3.32. The molecule has 0 saturated heterocycles. The van der Waals surface area contributed by atoms with Gasteiger partial charge >= 0.3 is 0 Å². The van der Waals surface area contributed by atoms with Gasteiger partial charge in [0.05, 0.1) is 20.4 Å². The Hall–Kier alpha value is -1.97. The molecule has 1 aromatic rings. The third-order valence-corrected chi connectivity index (χ3v) is 2.89. The first-order valence-electron chi connectivity index (χ1n) is 5.41. The molecular formula is C13H15NO3. The lowest BCUT2D eigenvalue weighted by atomic mass is 9.92. The van der Waals surface area contributed by atoms with Crippen molar-refractivity contribution in [3.05, 3.63) is 28.8 Å². The van der Waals surface area contributed by atoms with E-state index < -0.39 is 0 Å². The lowest BCUT2D eigenvalue weighted by molar-refractivity contribution is 0.321. The fraction of sp³-hybridized carbons (Fsp3) is 0.308. The Morgan fingerprint density at radius 1 is 1.18 bits per heavy atom. The summed E-state index contributed by atoms with van der Waals surface area (Å²) in [5.41, 5.74) is 3.31. The summed E-state index contributed by atoms with van der Waals surface area (Å²) in [6.45, 7) is 0. The quantitative estimate of drug-likeness (QED) is 0.495. The maximum absolute atomic E-state index is 8.53. The molecule has 0 aliphatic heterocycles. The molecule has 4 heteroatoms. The average molecular weight is 233 g/mol. The Bertz CT molecular complexity index is 478. The van der Waals surface area contributed by atoms with Crippen molar-refractivity contribution in [2.45, 2.75) is 12.8 Å². The second-order valence-corrected chi connectivity index (χ2v) is 3.87. The summed E-state index contributed by atoms with van der Waals surface area (Å²) in [7, 11) is 3.25. The highest BCUT2D eigenvalue weighted by Gasteiger charge is 2.14. The fourth-order valence-electron chi connectivity index (χ4n) is 2.01. The molecule has 17 heavy (non-hydrogen) atoms. The highest BCUT2D eigenvalue weighted by Crippen LogP contribution is 2.34. The van der Waals surface area contributed by atoms with Crippen LogP contribution in [0.5, 0.6) is 11.5 Å². The van der Waals surface area contributed by atoms with Gasteiger partial charge < -0.3 is 14.7 Å². The first-order chi connectivity index (χ1) is 8.28. The molecule has 1 aromatic carbocycles. The van der Waals surface area contributed by atoms with Gasteiger partial charge in [-0.1, -0.05) is 5.16 Å². The van der Waals surface area contributed by atoms with E-state index >= 15 is 0 Å². The smallest absolute Gasteiger partial charge is 0.161 e. The second-order valence-electron chi connectivity index (χ2n) is 3.87. The molecule has 0 amide bonds. The molecule has 0 radical (unpaired) electrons. The van der Waals surface area contributed by atoms with E-state index in [0.29, 0.717) is 5.75 Å². The molecule has 90 valence electrons.